The van der Waals surface area contributed by atoms with Crippen LogP contribution in [0, 0.1) is 22.2 Å². The van der Waals surface area contributed by atoms with Crippen LogP contribution in [0.25, 0.3) is 0 Å². The molecule has 4 nitrogen and oxygen atoms in total. The number of aromatic nitrogens is 1. The van der Waals surface area contributed by atoms with Gasteiger partial charge < -0.3 is 9.30 Å². The van der Waals surface area contributed by atoms with Gasteiger partial charge in [0.25, 0.3) is 0 Å². The molecule has 1 N–H and O–H groups in total. The molecule has 2 aliphatic carbocycles. The summed E-state index contributed by atoms with van der Waals surface area (Å²) in [5.74, 6) is 0.436. The van der Waals surface area contributed by atoms with Crippen molar-refractivity contribution in [2.45, 2.75) is 52.7 Å². The summed E-state index contributed by atoms with van der Waals surface area (Å²) in [6.45, 7) is 7.01. The molecule has 0 radical (unpaired) electrons. The Kier molecular flexibility index (Phi) is 3.23. The zero-order chi connectivity index (χ0) is 15.3. The third-order valence-corrected chi connectivity index (χ3v) is 6.23. The summed E-state index contributed by atoms with van der Waals surface area (Å²) < 4.78 is 7.41. The molecule has 1 aromatic heterocycles. The average molecular weight is 288 g/mol. The Labute approximate surface area is 125 Å². The Bertz CT molecular complexity index is 619. The molecule has 1 aromatic rings. The van der Waals surface area contributed by atoms with Crippen LogP contribution >= 0.6 is 0 Å². The van der Waals surface area contributed by atoms with Gasteiger partial charge in [-0.25, -0.2) is 0 Å². The zero-order valence-electron chi connectivity index (χ0n) is 13.1. The number of carbonyl (C=O) groups is 1. The number of pyridine rings is 1. The van der Waals surface area contributed by atoms with Gasteiger partial charge in [-0.2, -0.15) is 0 Å². The number of hydrogen-bond donors (Lipinski definition) is 1. The first kappa shape index (κ1) is 14.4. The van der Waals surface area contributed by atoms with Crippen molar-refractivity contribution in [3.63, 3.8) is 0 Å². The van der Waals surface area contributed by atoms with E-state index in [2.05, 4.69) is 20.8 Å². The van der Waals surface area contributed by atoms with Gasteiger partial charge in [0.1, 0.15) is 18.1 Å². The molecule has 0 amide bonds. The summed E-state index contributed by atoms with van der Waals surface area (Å²) >= 11 is 0. The van der Waals surface area contributed by atoms with Gasteiger partial charge in [-0.1, -0.05) is 26.8 Å². The highest BCUT2D eigenvalue weighted by molar-refractivity contribution is 5.69. The van der Waals surface area contributed by atoms with E-state index in [1.54, 1.807) is 22.9 Å². The topological polar surface area (TPSA) is 55.1 Å². The van der Waals surface area contributed by atoms with Crippen molar-refractivity contribution < 1.29 is 9.53 Å². The number of nitrogens with zero attached hydrogens (tertiary/aromatic N) is 1. The Morgan fingerprint density at radius 3 is 2.76 bits per heavy atom. The smallest absolute Gasteiger partial charge is 0.326 e. The molecule has 0 aliphatic heterocycles. The predicted octanol–water partition coefficient (Wildman–Crippen LogP) is 2.73. The highest BCUT2D eigenvalue weighted by Gasteiger charge is 2.62. The maximum Gasteiger partial charge on any atom is 0.326 e. The van der Waals surface area contributed by atoms with Crippen molar-refractivity contribution in [1.82, 2.24) is 4.57 Å². The van der Waals surface area contributed by atoms with Gasteiger partial charge in [0, 0.05) is 11.6 Å². The van der Waals surface area contributed by atoms with Crippen molar-refractivity contribution in [2.75, 3.05) is 0 Å². The minimum absolute atomic E-state index is 0.0252. The fraction of sp³-hybridized carbons (Fsp3) is 0.647. The van der Waals surface area contributed by atoms with Gasteiger partial charge in [0.15, 0.2) is 0 Å². The number of hydrogen-bond acceptors (Lipinski definition) is 3. The van der Waals surface area contributed by atoms with Crippen molar-refractivity contribution in [1.29, 1.82) is 5.41 Å². The maximum absolute atomic E-state index is 12.2. The van der Waals surface area contributed by atoms with Crippen molar-refractivity contribution in [3.8, 4) is 0 Å². The molecule has 2 aliphatic rings. The van der Waals surface area contributed by atoms with Crippen LogP contribution in [0.5, 0.6) is 0 Å². The van der Waals surface area contributed by atoms with Gasteiger partial charge in [0.05, 0.1) is 0 Å². The predicted molar refractivity (Wildman–Crippen MR) is 79.4 cm³/mol. The van der Waals surface area contributed by atoms with Gasteiger partial charge in [-0.15, -0.1) is 0 Å². The van der Waals surface area contributed by atoms with E-state index in [4.69, 9.17) is 10.1 Å². The molecule has 1 heterocycles. The van der Waals surface area contributed by atoms with Crippen LogP contribution in [-0.4, -0.2) is 16.6 Å². The summed E-state index contributed by atoms with van der Waals surface area (Å²) in [5.41, 5.74) is 0.672. The highest BCUT2D eigenvalue weighted by atomic mass is 16.5. The van der Waals surface area contributed by atoms with Crippen LogP contribution < -0.4 is 5.49 Å². The molecule has 2 bridgehead atoms. The normalized spacial score (nSPS) is 33.1. The lowest BCUT2D eigenvalue weighted by Crippen LogP contribution is -2.39. The van der Waals surface area contributed by atoms with Gasteiger partial charge >= 0.3 is 5.97 Å². The first-order valence-electron chi connectivity index (χ1n) is 7.74. The Morgan fingerprint density at radius 2 is 2.19 bits per heavy atom. The molecule has 0 saturated heterocycles. The van der Waals surface area contributed by atoms with Crippen molar-refractivity contribution >= 4 is 5.97 Å². The van der Waals surface area contributed by atoms with E-state index in [0.29, 0.717) is 11.4 Å². The summed E-state index contributed by atoms with van der Waals surface area (Å²) in [7, 11) is 0. The molecule has 3 atom stereocenters. The third-order valence-electron chi connectivity index (χ3n) is 6.23. The lowest BCUT2D eigenvalue weighted by Gasteiger charge is -2.38. The van der Waals surface area contributed by atoms with Crippen LogP contribution in [-0.2, 0) is 16.1 Å². The fourth-order valence-corrected chi connectivity index (χ4v) is 4.26. The number of carbonyl (C=O) groups excluding carboxylic acids is 1. The molecule has 0 spiro atoms. The van der Waals surface area contributed by atoms with E-state index in [0.717, 1.165) is 12.8 Å². The molecule has 114 valence electrons. The summed E-state index contributed by atoms with van der Waals surface area (Å²) in [6, 6.07) is 5.30. The molecule has 2 saturated carbocycles. The van der Waals surface area contributed by atoms with Crippen LogP contribution in [0.1, 0.15) is 40.0 Å². The first-order valence-corrected chi connectivity index (χ1v) is 7.74. The van der Waals surface area contributed by atoms with E-state index in [-0.39, 0.29) is 29.4 Å². The molecule has 2 fully saturated rings. The van der Waals surface area contributed by atoms with Gasteiger partial charge in [-0.3, -0.25) is 10.2 Å². The SMILES string of the molecule is CC1(C)[C@H]2CC[C@]1(C)[C@@H](OC(=O)Cn1ccccc1=N)C2. The third kappa shape index (κ3) is 2.12. The second kappa shape index (κ2) is 4.72. The van der Waals surface area contributed by atoms with E-state index < -0.39 is 0 Å². The monoisotopic (exact) mass is 288 g/mol. The summed E-state index contributed by atoms with van der Waals surface area (Å²) in [6.07, 6.45) is 5.16. The minimum Gasteiger partial charge on any atom is -0.460 e. The molecule has 0 aromatic carbocycles. The minimum atomic E-state index is -0.228. The maximum atomic E-state index is 12.2. The molecule has 0 unspecified atom stereocenters. The van der Waals surface area contributed by atoms with E-state index >= 15 is 0 Å². The quantitative estimate of drug-likeness (QED) is 0.869. The second-order valence-corrected chi connectivity index (χ2v) is 7.30. The van der Waals surface area contributed by atoms with E-state index in [1.165, 1.54) is 6.42 Å². The Balaban J connectivity index is 1.70. The zero-order valence-corrected chi connectivity index (χ0v) is 13.1. The fourth-order valence-electron chi connectivity index (χ4n) is 4.26. The molecule has 4 heteroatoms. The highest BCUT2D eigenvalue weighted by Crippen LogP contribution is 2.66. The van der Waals surface area contributed by atoms with Gasteiger partial charge in [-0.05, 0) is 42.7 Å². The van der Waals surface area contributed by atoms with Crippen LogP contribution in [0.4, 0.5) is 0 Å². The number of fused-ring (bicyclic) bond motifs is 2. The number of esters is 1. The Hall–Kier alpha value is -1.58. The largest absolute Gasteiger partial charge is 0.460 e. The average Bonchev–Trinajstić information content (AvgIpc) is 2.74. The standard InChI is InChI=1S/C17H24N2O2/c1-16(2)12-7-8-17(16,3)13(10-12)21-15(20)11-19-9-5-4-6-14(19)18/h4-6,9,12-13,18H,7-8,10-11H2,1-3H3/t12-,13-,17+/m0/s1. The molecule has 3 rings (SSSR count). The van der Waals surface area contributed by atoms with Crippen molar-refractivity contribution in [2.24, 2.45) is 16.7 Å². The lowest BCUT2D eigenvalue weighted by atomic mass is 9.70. The second-order valence-electron chi connectivity index (χ2n) is 7.30. The van der Waals surface area contributed by atoms with Gasteiger partial charge in [0.2, 0.25) is 0 Å². The number of ether oxygens (including phenoxy) is 1. The molecular formula is C17H24N2O2. The summed E-state index contributed by atoms with van der Waals surface area (Å²) in [4.78, 5) is 12.2. The van der Waals surface area contributed by atoms with Crippen LogP contribution in [0.2, 0.25) is 0 Å². The molecule has 21 heavy (non-hydrogen) atoms. The number of rotatable bonds is 3. The summed E-state index contributed by atoms with van der Waals surface area (Å²) in [5, 5.41) is 7.79. The first-order chi connectivity index (χ1) is 9.84. The van der Waals surface area contributed by atoms with E-state index in [1.807, 2.05) is 6.07 Å². The van der Waals surface area contributed by atoms with Crippen LogP contribution in [0.15, 0.2) is 24.4 Å². The Morgan fingerprint density at radius 1 is 1.43 bits per heavy atom. The van der Waals surface area contributed by atoms with E-state index in [9.17, 15) is 4.79 Å². The lowest BCUT2D eigenvalue weighted by molar-refractivity contribution is -0.157. The van der Waals surface area contributed by atoms with Crippen LogP contribution in [0.3, 0.4) is 0 Å². The molecular weight excluding hydrogens is 264 g/mol. The number of nitrogens with one attached hydrogen (secondary N) is 1. The van der Waals surface area contributed by atoms with Crippen molar-refractivity contribution in [3.05, 3.63) is 29.9 Å².